The van der Waals surface area contributed by atoms with Crippen molar-refractivity contribution in [1.82, 2.24) is 10.2 Å². The van der Waals surface area contributed by atoms with Crippen molar-refractivity contribution in [3.63, 3.8) is 0 Å². The Balaban J connectivity index is 2.33. The van der Waals surface area contributed by atoms with Crippen LogP contribution in [0.2, 0.25) is 5.15 Å². The van der Waals surface area contributed by atoms with Gasteiger partial charge in [0.2, 0.25) is 0 Å². The summed E-state index contributed by atoms with van der Waals surface area (Å²) in [6, 6.07) is 8.32. The lowest BCUT2D eigenvalue weighted by molar-refractivity contribution is 0.437. The number of aromatic nitrogens is 2. The summed E-state index contributed by atoms with van der Waals surface area (Å²) in [4.78, 5) is 0. The maximum atomic E-state index is 6.08. The summed E-state index contributed by atoms with van der Waals surface area (Å²) < 4.78 is 0. The van der Waals surface area contributed by atoms with Gasteiger partial charge < -0.3 is 5.32 Å². The van der Waals surface area contributed by atoms with E-state index in [0.29, 0.717) is 17.1 Å². The lowest BCUT2D eigenvalue weighted by atomic mass is 9.95. The summed E-state index contributed by atoms with van der Waals surface area (Å²) in [5.41, 5.74) is 0. The van der Waals surface area contributed by atoms with Crippen molar-refractivity contribution in [3.8, 4) is 0 Å². The number of hydrogen-bond donors (Lipinski definition) is 1. The number of fused-ring (bicyclic) bond motifs is 1. The minimum atomic E-state index is 0.369. The van der Waals surface area contributed by atoms with Crippen LogP contribution in [0.1, 0.15) is 33.6 Å². The molecule has 2 rings (SSSR count). The molecule has 4 heteroatoms. The number of hydrogen-bond acceptors (Lipinski definition) is 3. The fourth-order valence-corrected chi connectivity index (χ4v) is 2.71. The molecule has 0 aliphatic heterocycles. The molecule has 1 atom stereocenters. The van der Waals surface area contributed by atoms with Gasteiger partial charge >= 0.3 is 0 Å². The van der Waals surface area contributed by atoms with Crippen LogP contribution in [0, 0.1) is 5.92 Å². The molecule has 0 saturated carbocycles. The minimum absolute atomic E-state index is 0.369. The Morgan fingerprint density at radius 3 is 2.37 bits per heavy atom. The number of nitrogens with one attached hydrogen (secondary N) is 1. The number of nitrogens with zero attached hydrogens (tertiary/aromatic N) is 2. The van der Waals surface area contributed by atoms with Crippen LogP contribution in [0.15, 0.2) is 24.3 Å². The highest BCUT2D eigenvalue weighted by atomic mass is 35.5. The maximum Gasteiger partial charge on any atom is 0.159 e. The molecule has 0 bridgehead atoms. The van der Waals surface area contributed by atoms with Crippen molar-refractivity contribution >= 4 is 28.2 Å². The topological polar surface area (TPSA) is 37.8 Å². The van der Waals surface area contributed by atoms with Crippen molar-refractivity contribution in [2.24, 2.45) is 5.92 Å². The second kappa shape index (κ2) is 6.20. The quantitative estimate of drug-likeness (QED) is 0.873. The molecule has 0 saturated heterocycles. The highest BCUT2D eigenvalue weighted by Crippen LogP contribution is 2.27. The predicted octanol–water partition coefficient (Wildman–Crippen LogP) is 4.52. The van der Waals surface area contributed by atoms with Gasteiger partial charge in [0, 0.05) is 16.8 Å². The van der Waals surface area contributed by atoms with Crippen molar-refractivity contribution in [2.75, 3.05) is 5.32 Å². The molecule has 1 N–H and O–H groups in total. The van der Waals surface area contributed by atoms with Crippen LogP contribution < -0.4 is 5.32 Å². The van der Waals surface area contributed by atoms with Crippen molar-refractivity contribution in [1.29, 1.82) is 0 Å². The average Bonchev–Trinajstić information content (AvgIpc) is 2.44. The van der Waals surface area contributed by atoms with Crippen molar-refractivity contribution in [2.45, 2.75) is 39.7 Å². The molecule has 1 unspecified atom stereocenters. The Morgan fingerprint density at radius 1 is 1.11 bits per heavy atom. The van der Waals surface area contributed by atoms with E-state index >= 15 is 0 Å². The van der Waals surface area contributed by atoms with Gasteiger partial charge in [0.1, 0.15) is 0 Å². The fraction of sp³-hybridized carbons (Fsp3) is 0.467. The van der Waals surface area contributed by atoms with Gasteiger partial charge in [-0.3, -0.25) is 0 Å². The molecule has 0 aliphatic carbocycles. The Bertz CT molecular complexity index is 552. The molecular weight excluding hydrogens is 258 g/mol. The van der Waals surface area contributed by atoms with Crippen LogP contribution in [-0.2, 0) is 0 Å². The first-order valence-electron chi connectivity index (χ1n) is 6.84. The Labute approximate surface area is 119 Å². The fourth-order valence-electron chi connectivity index (χ4n) is 2.51. The van der Waals surface area contributed by atoms with Crippen LogP contribution in [0.25, 0.3) is 10.8 Å². The first-order valence-corrected chi connectivity index (χ1v) is 7.22. The van der Waals surface area contributed by atoms with E-state index in [9.17, 15) is 0 Å². The number of benzene rings is 1. The van der Waals surface area contributed by atoms with Crippen LogP contribution in [-0.4, -0.2) is 16.2 Å². The van der Waals surface area contributed by atoms with Gasteiger partial charge in [-0.2, -0.15) is 0 Å². The average molecular weight is 278 g/mol. The van der Waals surface area contributed by atoms with Gasteiger partial charge in [0.15, 0.2) is 11.0 Å². The predicted molar refractivity (Wildman–Crippen MR) is 81.7 cm³/mol. The van der Waals surface area contributed by atoms with Crippen LogP contribution in [0.4, 0.5) is 5.82 Å². The monoisotopic (exact) mass is 277 g/mol. The molecule has 0 fully saturated rings. The van der Waals surface area contributed by atoms with E-state index in [4.69, 9.17) is 11.6 Å². The molecule has 1 aromatic heterocycles. The summed E-state index contributed by atoms with van der Waals surface area (Å²) in [7, 11) is 0. The lowest BCUT2D eigenvalue weighted by Crippen LogP contribution is -2.25. The van der Waals surface area contributed by atoms with Crippen LogP contribution in [0.5, 0.6) is 0 Å². The molecular formula is C15H20ClN3. The van der Waals surface area contributed by atoms with Gasteiger partial charge in [-0.15, -0.1) is 10.2 Å². The van der Waals surface area contributed by atoms with Gasteiger partial charge in [-0.25, -0.2) is 0 Å². The molecule has 102 valence electrons. The lowest BCUT2D eigenvalue weighted by Gasteiger charge is -2.23. The van der Waals surface area contributed by atoms with Crippen molar-refractivity contribution < 1.29 is 0 Å². The summed E-state index contributed by atoms with van der Waals surface area (Å²) >= 11 is 6.08. The van der Waals surface area contributed by atoms with Gasteiger partial charge in [-0.05, 0) is 12.8 Å². The summed E-state index contributed by atoms with van der Waals surface area (Å²) in [6.45, 7) is 6.64. The molecule has 0 amide bonds. The molecule has 19 heavy (non-hydrogen) atoms. The molecule has 3 nitrogen and oxygen atoms in total. The maximum absolute atomic E-state index is 6.08. The second-order valence-electron chi connectivity index (χ2n) is 4.89. The molecule has 1 heterocycles. The zero-order valence-corrected chi connectivity index (χ0v) is 12.4. The van der Waals surface area contributed by atoms with E-state index in [1.807, 2.05) is 24.3 Å². The third kappa shape index (κ3) is 2.98. The van der Waals surface area contributed by atoms with Crippen LogP contribution >= 0.6 is 11.6 Å². The van der Waals surface area contributed by atoms with Crippen molar-refractivity contribution in [3.05, 3.63) is 29.4 Å². The second-order valence-corrected chi connectivity index (χ2v) is 5.25. The molecule has 0 spiro atoms. The van der Waals surface area contributed by atoms with Gasteiger partial charge in [0.25, 0.3) is 0 Å². The smallest absolute Gasteiger partial charge is 0.159 e. The number of rotatable bonds is 5. The summed E-state index contributed by atoms with van der Waals surface area (Å²) in [5.74, 6) is 1.45. The molecule has 0 aliphatic rings. The van der Waals surface area contributed by atoms with E-state index in [1.165, 1.54) is 0 Å². The number of anilines is 1. The summed E-state index contributed by atoms with van der Waals surface area (Å²) in [5, 5.41) is 14.1. The van der Waals surface area contributed by atoms with E-state index in [1.54, 1.807) is 0 Å². The largest absolute Gasteiger partial charge is 0.365 e. The van der Waals surface area contributed by atoms with E-state index in [0.717, 1.165) is 29.4 Å². The van der Waals surface area contributed by atoms with E-state index in [2.05, 4.69) is 36.3 Å². The molecule has 1 aromatic carbocycles. The molecule has 2 aromatic rings. The van der Waals surface area contributed by atoms with Crippen LogP contribution in [0.3, 0.4) is 0 Å². The van der Waals surface area contributed by atoms with E-state index < -0.39 is 0 Å². The van der Waals surface area contributed by atoms with Gasteiger partial charge in [-0.1, -0.05) is 62.6 Å². The Kier molecular flexibility index (Phi) is 4.59. The minimum Gasteiger partial charge on any atom is -0.365 e. The summed E-state index contributed by atoms with van der Waals surface area (Å²) in [6.07, 6.45) is 2.31. The zero-order valence-electron chi connectivity index (χ0n) is 11.7. The van der Waals surface area contributed by atoms with Gasteiger partial charge in [0.05, 0.1) is 0 Å². The first kappa shape index (κ1) is 14.1. The standard InChI is InChI=1S/C15H20ClN3/c1-4-11(5-2)10(3)17-15-13-9-7-6-8-12(13)14(16)18-19-15/h6-11H,4-5H2,1-3H3,(H,17,19). The highest BCUT2D eigenvalue weighted by Gasteiger charge is 2.15. The third-order valence-corrected chi connectivity index (χ3v) is 4.04. The number of halogens is 1. The molecule has 0 radical (unpaired) electrons. The first-order chi connectivity index (χ1) is 9.17. The zero-order chi connectivity index (χ0) is 13.8. The Morgan fingerprint density at radius 2 is 1.74 bits per heavy atom. The normalized spacial score (nSPS) is 12.9. The Hall–Kier alpha value is -1.35. The third-order valence-electron chi connectivity index (χ3n) is 3.76. The highest BCUT2D eigenvalue weighted by molar-refractivity contribution is 6.34. The SMILES string of the molecule is CCC(CC)C(C)Nc1nnc(Cl)c2ccccc12. The van der Waals surface area contributed by atoms with E-state index in [-0.39, 0.29) is 0 Å².